The Kier molecular flexibility index (Phi) is 5.53. The van der Waals surface area contributed by atoms with Gasteiger partial charge in [-0.05, 0) is 53.2 Å². The summed E-state index contributed by atoms with van der Waals surface area (Å²) in [5.74, 6) is 1.51. The van der Waals surface area contributed by atoms with Gasteiger partial charge in [0.25, 0.3) is 5.91 Å². The summed E-state index contributed by atoms with van der Waals surface area (Å²) in [7, 11) is 3.17. The molecule has 134 valence electrons. The fourth-order valence-corrected chi connectivity index (χ4v) is 3.52. The van der Waals surface area contributed by atoms with Crippen molar-refractivity contribution in [3.63, 3.8) is 0 Å². The van der Waals surface area contributed by atoms with Gasteiger partial charge < -0.3 is 14.8 Å². The van der Waals surface area contributed by atoms with Crippen LogP contribution in [-0.2, 0) is 0 Å². The summed E-state index contributed by atoms with van der Waals surface area (Å²) in [6.07, 6.45) is 1.63. The van der Waals surface area contributed by atoms with Crippen molar-refractivity contribution in [1.82, 2.24) is 9.97 Å². The van der Waals surface area contributed by atoms with Crippen LogP contribution in [0.3, 0.4) is 0 Å². The Bertz CT molecular complexity index is 941. The molecule has 1 aromatic carbocycles. The fourth-order valence-electron chi connectivity index (χ4n) is 2.32. The van der Waals surface area contributed by atoms with Crippen LogP contribution >= 0.6 is 27.3 Å². The molecule has 8 heteroatoms. The monoisotopic (exact) mass is 433 g/mol. The average Bonchev–Trinajstić information content (AvgIpc) is 3.05. The Labute approximate surface area is 163 Å². The number of nitrogens with zero attached hydrogens (tertiary/aromatic N) is 2. The molecule has 0 fully saturated rings. The SMILES string of the molecule is COc1ccc(-c2nc(C)c(C(=O)Nc3ccc(Br)cn3)s2)cc1OC. The molecule has 0 aliphatic carbocycles. The zero-order chi connectivity index (χ0) is 18.7. The Morgan fingerprint density at radius 3 is 2.58 bits per heavy atom. The number of amides is 1. The molecule has 0 saturated heterocycles. The maximum absolute atomic E-state index is 12.6. The molecule has 0 saturated carbocycles. The van der Waals surface area contributed by atoms with Gasteiger partial charge in [0.1, 0.15) is 15.7 Å². The molecule has 0 unspecified atom stereocenters. The molecule has 6 nitrogen and oxygen atoms in total. The summed E-state index contributed by atoms with van der Waals surface area (Å²) in [5, 5.41) is 3.52. The molecule has 3 aromatic rings. The smallest absolute Gasteiger partial charge is 0.268 e. The van der Waals surface area contributed by atoms with Gasteiger partial charge in [-0.15, -0.1) is 11.3 Å². The lowest BCUT2D eigenvalue weighted by molar-refractivity contribution is 0.102. The van der Waals surface area contributed by atoms with Crippen molar-refractivity contribution in [1.29, 1.82) is 0 Å². The zero-order valence-corrected chi connectivity index (χ0v) is 16.8. The number of halogens is 1. The minimum atomic E-state index is -0.235. The number of ether oxygens (including phenoxy) is 2. The molecule has 0 aliphatic rings. The maximum Gasteiger partial charge on any atom is 0.268 e. The van der Waals surface area contributed by atoms with Crippen LogP contribution < -0.4 is 14.8 Å². The minimum Gasteiger partial charge on any atom is -0.493 e. The van der Waals surface area contributed by atoms with E-state index in [-0.39, 0.29) is 5.91 Å². The number of aromatic nitrogens is 2. The van der Waals surface area contributed by atoms with Gasteiger partial charge in [-0.25, -0.2) is 9.97 Å². The first kappa shape index (κ1) is 18.3. The predicted octanol–water partition coefficient (Wildman–Crippen LogP) is 4.55. The molecular formula is C18H16BrN3O3S. The third kappa shape index (κ3) is 3.86. The first-order valence-electron chi connectivity index (χ1n) is 7.64. The number of anilines is 1. The van der Waals surface area contributed by atoms with Gasteiger partial charge in [-0.1, -0.05) is 0 Å². The predicted molar refractivity (Wildman–Crippen MR) is 105 cm³/mol. The molecule has 0 bridgehead atoms. The Morgan fingerprint density at radius 1 is 1.15 bits per heavy atom. The minimum absolute atomic E-state index is 0.235. The lowest BCUT2D eigenvalue weighted by Gasteiger charge is -2.08. The van der Waals surface area contributed by atoms with Gasteiger partial charge in [0.05, 0.1) is 19.9 Å². The molecule has 1 N–H and O–H groups in total. The van der Waals surface area contributed by atoms with Crippen molar-refractivity contribution in [3.8, 4) is 22.1 Å². The number of methoxy groups -OCH3 is 2. The van der Waals surface area contributed by atoms with Gasteiger partial charge in [0.15, 0.2) is 11.5 Å². The highest BCUT2D eigenvalue weighted by Crippen LogP contribution is 2.35. The number of aryl methyl sites for hydroxylation is 1. The molecular weight excluding hydrogens is 418 g/mol. The van der Waals surface area contributed by atoms with E-state index >= 15 is 0 Å². The Morgan fingerprint density at radius 2 is 1.92 bits per heavy atom. The van der Waals surface area contributed by atoms with Crippen LogP contribution in [0.25, 0.3) is 10.6 Å². The standard InChI is InChI=1S/C18H16BrN3O3S/c1-10-16(17(23)22-15-7-5-12(19)9-20-15)26-18(21-10)11-4-6-13(24-2)14(8-11)25-3/h4-9H,1-3H3,(H,20,22,23). The quantitative estimate of drug-likeness (QED) is 0.638. The highest BCUT2D eigenvalue weighted by atomic mass is 79.9. The number of hydrogen-bond acceptors (Lipinski definition) is 6. The summed E-state index contributed by atoms with van der Waals surface area (Å²) in [4.78, 5) is 21.8. The summed E-state index contributed by atoms with van der Waals surface area (Å²) in [6.45, 7) is 1.81. The van der Waals surface area contributed by atoms with Gasteiger partial charge in [-0.3, -0.25) is 4.79 Å². The van der Waals surface area contributed by atoms with Crippen LogP contribution in [0.5, 0.6) is 11.5 Å². The van der Waals surface area contributed by atoms with E-state index in [9.17, 15) is 4.79 Å². The van der Waals surface area contributed by atoms with Gasteiger partial charge >= 0.3 is 0 Å². The van der Waals surface area contributed by atoms with E-state index in [1.165, 1.54) is 11.3 Å². The van der Waals surface area contributed by atoms with Crippen molar-refractivity contribution in [3.05, 3.63) is 51.6 Å². The molecule has 3 rings (SSSR count). The van der Waals surface area contributed by atoms with Crippen molar-refractivity contribution >= 4 is 39.0 Å². The third-order valence-electron chi connectivity index (χ3n) is 3.60. The summed E-state index contributed by atoms with van der Waals surface area (Å²) >= 11 is 4.64. The van der Waals surface area contributed by atoms with Crippen molar-refractivity contribution in [2.24, 2.45) is 0 Å². The van der Waals surface area contributed by atoms with Crippen LogP contribution in [0.2, 0.25) is 0 Å². The molecule has 0 radical (unpaired) electrons. The number of carbonyl (C=O) groups is 1. The molecule has 2 heterocycles. The first-order chi connectivity index (χ1) is 12.5. The van der Waals surface area contributed by atoms with Gasteiger partial charge in [0, 0.05) is 16.2 Å². The highest BCUT2D eigenvalue weighted by molar-refractivity contribution is 9.10. The zero-order valence-electron chi connectivity index (χ0n) is 14.4. The molecule has 1 amide bonds. The maximum atomic E-state index is 12.6. The summed E-state index contributed by atoms with van der Waals surface area (Å²) in [6, 6.07) is 9.09. The molecule has 2 aromatic heterocycles. The van der Waals surface area contributed by atoms with Crippen LogP contribution in [-0.4, -0.2) is 30.1 Å². The number of benzene rings is 1. The molecule has 0 atom stereocenters. The van der Waals surface area contributed by atoms with E-state index in [1.807, 2.05) is 31.2 Å². The van der Waals surface area contributed by atoms with E-state index in [4.69, 9.17) is 9.47 Å². The van der Waals surface area contributed by atoms with E-state index < -0.39 is 0 Å². The molecule has 26 heavy (non-hydrogen) atoms. The Hall–Kier alpha value is -2.45. The number of pyridine rings is 1. The fraction of sp³-hybridized carbons (Fsp3) is 0.167. The summed E-state index contributed by atoms with van der Waals surface area (Å²) < 4.78 is 11.4. The lowest BCUT2D eigenvalue weighted by Crippen LogP contribution is -2.12. The van der Waals surface area contributed by atoms with E-state index in [1.54, 1.807) is 26.5 Å². The van der Waals surface area contributed by atoms with Crippen molar-refractivity contribution < 1.29 is 14.3 Å². The van der Waals surface area contributed by atoms with Gasteiger partial charge in [-0.2, -0.15) is 0 Å². The van der Waals surface area contributed by atoms with Crippen LogP contribution in [0, 0.1) is 6.92 Å². The van der Waals surface area contributed by atoms with E-state index in [2.05, 4.69) is 31.2 Å². The van der Waals surface area contributed by atoms with Gasteiger partial charge in [0.2, 0.25) is 0 Å². The number of hydrogen-bond donors (Lipinski definition) is 1. The average molecular weight is 434 g/mol. The second-order valence-corrected chi connectivity index (χ2v) is 7.23. The van der Waals surface area contributed by atoms with Crippen LogP contribution in [0.1, 0.15) is 15.4 Å². The third-order valence-corrected chi connectivity index (χ3v) is 5.28. The number of thiazole rings is 1. The van der Waals surface area contributed by atoms with Crippen molar-refractivity contribution in [2.45, 2.75) is 6.92 Å². The number of rotatable bonds is 5. The number of carbonyl (C=O) groups excluding carboxylic acids is 1. The molecule has 0 spiro atoms. The largest absolute Gasteiger partial charge is 0.493 e. The number of nitrogens with one attached hydrogen (secondary N) is 1. The highest BCUT2D eigenvalue weighted by Gasteiger charge is 2.18. The lowest BCUT2D eigenvalue weighted by atomic mass is 10.2. The first-order valence-corrected chi connectivity index (χ1v) is 9.25. The summed E-state index contributed by atoms with van der Waals surface area (Å²) in [5.41, 5.74) is 1.52. The molecule has 0 aliphatic heterocycles. The van der Waals surface area contributed by atoms with E-state index in [0.717, 1.165) is 15.0 Å². The van der Waals surface area contributed by atoms with E-state index in [0.29, 0.717) is 27.9 Å². The second-order valence-electron chi connectivity index (χ2n) is 5.32. The van der Waals surface area contributed by atoms with Crippen LogP contribution in [0.15, 0.2) is 41.0 Å². The topological polar surface area (TPSA) is 73.3 Å². The second kappa shape index (κ2) is 7.84. The van der Waals surface area contributed by atoms with Crippen LogP contribution in [0.4, 0.5) is 5.82 Å². The Balaban J connectivity index is 1.87. The normalized spacial score (nSPS) is 10.5. The van der Waals surface area contributed by atoms with Crippen molar-refractivity contribution in [2.75, 3.05) is 19.5 Å².